The Bertz CT molecular complexity index is 910. The van der Waals surface area contributed by atoms with Gasteiger partial charge in [0.1, 0.15) is 0 Å². The van der Waals surface area contributed by atoms with Gasteiger partial charge in [0.2, 0.25) is 0 Å². The summed E-state index contributed by atoms with van der Waals surface area (Å²) in [6.45, 7) is 3.76. The Hall–Kier alpha value is -2.55. The van der Waals surface area contributed by atoms with Crippen molar-refractivity contribution in [2.24, 2.45) is 0 Å². The average Bonchev–Trinajstić information content (AvgIpc) is 2.60. The van der Waals surface area contributed by atoms with Gasteiger partial charge in [0, 0.05) is 17.3 Å². The van der Waals surface area contributed by atoms with Crippen LogP contribution in [0.3, 0.4) is 0 Å². The lowest BCUT2D eigenvalue weighted by atomic mass is 10.2. The molecule has 0 saturated carbocycles. The van der Waals surface area contributed by atoms with E-state index in [4.69, 9.17) is 0 Å². The second-order valence-electron chi connectivity index (χ2n) is 5.99. The first-order valence-electron chi connectivity index (χ1n) is 8.14. The lowest BCUT2D eigenvalue weighted by Gasteiger charge is -2.13. The molecule has 0 aliphatic rings. The van der Waals surface area contributed by atoms with Gasteiger partial charge in [-0.3, -0.25) is 9.52 Å². The fourth-order valence-corrected chi connectivity index (χ4v) is 3.22. The van der Waals surface area contributed by atoms with E-state index < -0.39 is 21.8 Å². The number of carbonyl (C=O) groups is 1. The highest BCUT2D eigenvalue weighted by Gasteiger charge is 2.30. The Morgan fingerprint density at radius 1 is 1.11 bits per heavy atom. The van der Waals surface area contributed by atoms with Crippen molar-refractivity contribution >= 4 is 21.6 Å². The fourth-order valence-electron chi connectivity index (χ4n) is 2.17. The molecule has 1 unspecified atom stereocenters. The van der Waals surface area contributed by atoms with Crippen LogP contribution in [0.5, 0.6) is 0 Å². The standard InChI is InChI=1S/C18H19F3N2O3S/c1-3-12(2)22-17(24)13-7-9-16(10-8-13)27(25,26)23-15-6-4-5-14(11-15)18(19,20)21/h4-12,23H,3H2,1-2H3,(H,22,24). The second-order valence-corrected chi connectivity index (χ2v) is 7.67. The van der Waals surface area contributed by atoms with Gasteiger partial charge in [0.05, 0.1) is 10.5 Å². The van der Waals surface area contributed by atoms with Crippen LogP contribution in [0.25, 0.3) is 0 Å². The molecular formula is C18H19F3N2O3S. The van der Waals surface area contributed by atoms with E-state index in [1.165, 1.54) is 30.3 Å². The molecule has 0 radical (unpaired) electrons. The van der Waals surface area contributed by atoms with Crippen LogP contribution >= 0.6 is 0 Å². The van der Waals surface area contributed by atoms with Gasteiger partial charge in [-0.1, -0.05) is 13.0 Å². The third-order valence-corrected chi connectivity index (χ3v) is 5.26. The molecule has 0 aliphatic heterocycles. The molecule has 0 aliphatic carbocycles. The Morgan fingerprint density at radius 2 is 1.74 bits per heavy atom. The summed E-state index contributed by atoms with van der Waals surface area (Å²) in [5.74, 6) is -0.334. The lowest BCUT2D eigenvalue weighted by molar-refractivity contribution is -0.137. The summed E-state index contributed by atoms with van der Waals surface area (Å²) in [5.41, 5.74) is -0.878. The first-order chi connectivity index (χ1) is 12.5. The fraction of sp³-hybridized carbons (Fsp3) is 0.278. The van der Waals surface area contributed by atoms with Gasteiger partial charge in [-0.25, -0.2) is 8.42 Å². The summed E-state index contributed by atoms with van der Waals surface area (Å²) in [6.07, 6.45) is -3.83. The molecule has 146 valence electrons. The van der Waals surface area contributed by atoms with Gasteiger partial charge in [0.25, 0.3) is 15.9 Å². The van der Waals surface area contributed by atoms with E-state index in [-0.39, 0.29) is 28.1 Å². The van der Waals surface area contributed by atoms with E-state index in [0.29, 0.717) is 6.07 Å². The number of carbonyl (C=O) groups excluding carboxylic acids is 1. The number of benzene rings is 2. The number of rotatable bonds is 6. The van der Waals surface area contributed by atoms with Crippen molar-refractivity contribution in [3.8, 4) is 0 Å². The maximum atomic E-state index is 12.7. The predicted octanol–water partition coefficient (Wildman–Crippen LogP) is 4.03. The number of anilines is 1. The quantitative estimate of drug-likeness (QED) is 0.769. The van der Waals surface area contributed by atoms with E-state index in [9.17, 15) is 26.4 Å². The highest BCUT2D eigenvalue weighted by molar-refractivity contribution is 7.92. The third-order valence-electron chi connectivity index (χ3n) is 3.86. The van der Waals surface area contributed by atoms with Gasteiger partial charge in [-0.15, -0.1) is 0 Å². The summed E-state index contributed by atoms with van der Waals surface area (Å²) >= 11 is 0. The minimum atomic E-state index is -4.58. The third kappa shape index (κ3) is 5.46. The topological polar surface area (TPSA) is 75.3 Å². The average molecular weight is 400 g/mol. The predicted molar refractivity (Wildman–Crippen MR) is 95.9 cm³/mol. The van der Waals surface area contributed by atoms with Crippen molar-refractivity contribution in [2.45, 2.75) is 37.4 Å². The van der Waals surface area contributed by atoms with Crippen LogP contribution in [0.2, 0.25) is 0 Å². The van der Waals surface area contributed by atoms with Crippen molar-refractivity contribution in [1.82, 2.24) is 5.32 Å². The summed E-state index contributed by atoms with van der Waals surface area (Å²) in [4.78, 5) is 11.8. The molecule has 5 nitrogen and oxygen atoms in total. The van der Waals surface area contributed by atoms with Crippen molar-refractivity contribution in [3.63, 3.8) is 0 Å². The highest BCUT2D eigenvalue weighted by atomic mass is 32.2. The highest BCUT2D eigenvalue weighted by Crippen LogP contribution is 2.31. The zero-order valence-electron chi connectivity index (χ0n) is 14.7. The van der Waals surface area contributed by atoms with E-state index in [1.54, 1.807) is 0 Å². The number of halogens is 3. The second kappa shape index (κ2) is 7.99. The lowest BCUT2D eigenvalue weighted by Crippen LogP contribution is -2.31. The molecule has 2 rings (SSSR count). The molecule has 0 aromatic heterocycles. The first kappa shape index (κ1) is 20.8. The van der Waals surface area contributed by atoms with E-state index >= 15 is 0 Å². The molecule has 1 amide bonds. The van der Waals surface area contributed by atoms with Gasteiger partial charge in [-0.05, 0) is 55.8 Å². The van der Waals surface area contributed by atoms with E-state index in [2.05, 4.69) is 10.0 Å². The molecule has 2 N–H and O–H groups in total. The molecule has 0 bridgehead atoms. The number of hydrogen-bond donors (Lipinski definition) is 2. The van der Waals surface area contributed by atoms with Gasteiger partial charge in [-0.2, -0.15) is 13.2 Å². The summed E-state index contributed by atoms with van der Waals surface area (Å²) in [5, 5.41) is 2.75. The van der Waals surface area contributed by atoms with Gasteiger partial charge in [0.15, 0.2) is 0 Å². The number of nitrogens with one attached hydrogen (secondary N) is 2. The van der Waals surface area contributed by atoms with Crippen LogP contribution in [0.4, 0.5) is 18.9 Å². The number of hydrogen-bond acceptors (Lipinski definition) is 3. The molecule has 9 heteroatoms. The minimum Gasteiger partial charge on any atom is -0.350 e. The monoisotopic (exact) mass is 400 g/mol. The van der Waals surface area contributed by atoms with Crippen LogP contribution in [-0.4, -0.2) is 20.4 Å². The molecule has 0 saturated heterocycles. The van der Waals surface area contributed by atoms with E-state index in [1.807, 2.05) is 13.8 Å². The SMILES string of the molecule is CCC(C)NC(=O)c1ccc(S(=O)(=O)Nc2cccc(C(F)(F)F)c2)cc1. The Balaban J connectivity index is 2.19. The van der Waals surface area contributed by atoms with Crippen LogP contribution in [0, 0.1) is 0 Å². The number of alkyl halides is 3. The van der Waals surface area contributed by atoms with Crippen LogP contribution in [-0.2, 0) is 16.2 Å². The van der Waals surface area contributed by atoms with Crippen LogP contribution < -0.4 is 10.0 Å². The summed E-state index contributed by atoms with van der Waals surface area (Å²) < 4.78 is 65.1. The normalized spacial score (nSPS) is 13.1. The molecule has 27 heavy (non-hydrogen) atoms. The van der Waals surface area contributed by atoms with E-state index in [0.717, 1.165) is 18.6 Å². The summed E-state index contributed by atoms with van der Waals surface area (Å²) in [7, 11) is -4.09. The molecule has 0 heterocycles. The van der Waals surface area contributed by atoms with Crippen molar-refractivity contribution in [3.05, 3.63) is 59.7 Å². The maximum Gasteiger partial charge on any atom is 0.416 e. The zero-order valence-corrected chi connectivity index (χ0v) is 15.5. The maximum absolute atomic E-state index is 12.7. The Morgan fingerprint density at radius 3 is 2.30 bits per heavy atom. The molecule has 2 aromatic carbocycles. The van der Waals surface area contributed by atoms with Crippen molar-refractivity contribution < 1.29 is 26.4 Å². The zero-order chi connectivity index (χ0) is 20.2. The smallest absolute Gasteiger partial charge is 0.350 e. The molecule has 0 spiro atoms. The Kier molecular flexibility index (Phi) is 6.15. The minimum absolute atomic E-state index is 0.0246. The van der Waals surface area contributed by atoms with Crippen molar-refractivity contribution in [1.29, 1.82) is 0 Å². The van der Waals surface area contributed by atoms with Crippen LogP contribution in [0.1, 0.15) is 36.2 Å². The van der Waals surface area contributed by atoms with Gasteiger partial charge < -0.3 is 5.32 Å². The van der Waals surface area contributed by atoms with Crippen molar-refractivity contribution in [2.75, 3.05) is 4.72 Å². The molecule has 1 atom stereocenters. The largest absolute Gasteiger partial charge is 0.416 e. The molecular weight excluding hydrogens is 381 g/mol. The summed E-state index contributed by atoms with van der Waals surface area (Å²) in [6, 6.07) is 9.01. The van der Waals surface area contributed by atoms with Gasteiger partial charge >= 0.3 is 6.18 Å². The first-order valence-corrected chi connectivity index (χ1v) is 9.62. The molecule has 0 fully saturated rings. The number of amides is 1. The molecule has 2 aromatic rings. The number of sulfonamides is 1. The van der Waals surface area contributed by atoms with Crippen LogP contribution in [0.15, 0.2) is 53.4 Å². The Labute approximate surface area is 155 Å².